The van der Waals surface area contributed by atoms with Crippen molar-refractivity contribution in [1.29, 1.82) is 0 Å². The Labute approximate surface area is 183 Å². The highest BCUT2D eigenvalue weighted by Gasteiger charge is 2.41. The van der Waals surface area contributed by atoms with Gasteiger partial charge in [-0.1, -0.05) is 35.3 Å². The van der Waals surface area contributed by atoms with Crippen LogP contribution < -0.4 is 5.32 Å². The van der Waals surface area contributed by atoms with E-state index in [4.69, 9.17) is 16.6 Å². The molecule has 0 bridgehead atoms. The van der Waals surface area contributed by atoms with E-state index >= 15 is 0 Å². The Morgan fingerprint density at radius 2 is 2.10 bits per heavy atom. The molecule has 1 aliphatic rings. The number of halogens is 2. The fourth-order valence-corrected chi connectivity index (χ4v) is 4.29. The minimum absolute atomic E-state index is 0.130. The van der Waals surface area contributed by atoms with Gasteiger partial charge >= 0.3 is 0 Å². The Morgan fingerprint density at radius 1 is 1.24 bits per heavy atom. The maximum Gasteiger partial charge on any atom is 0.170 e. The second-order valence-corrected chi connectivity index (χ2v) is 8.30. The van der Waals surface area contributed by atoms with Crippen LogP contribution in [-0.2, 0) is 0 Å². The lowest BCUT2D eigenvalue weighted by Gasteiger charge is -2.25. The lowest BCUT2D eigenvalue weighted by atomic mass is 10.0. The van der Waals surface area contributed by atoms with Crippen LogP contribution in [0.4, 0.5) is 4.39 Å². The fourth-order valence-electron chi connectivity index (χ4n) is 3.63. The topological polar surface area (TPSA) is 41.3 Å². The van der Waals surface area contributed by atoms with Crippen LogP contribution in [0.25, 0.3) is 11.3 Å². The van der Waals surface area contributed by atoms with Gasteiger partial charge in [0.15, 0.2) is 5.11 Å². The maximum absolute atomic E-state index is 14.4. The van der Waals surface area contributed by atoms with Crippen LogP contribution in [0.5, 0.6) is 0 Å². The number of benzene rings is 1. The highest BCUT2D eigenvalue weighted by molar-refractivity contribution is 9.10. The summed E-state index contributed by atoms with van der Waals surface area (Å²) in [7, 11) is 0. The van der Waals surface area contributed by atoms with Crippen LogP contribution in [0.15, 0.2) is 63.6 Å². The number of nitrogens with zero attached hydrogens (tertiary/aromatic N) is 2. The third-order valence-electron chi connectivity index (χ3n) is 5.07. The van der Waals surface area contributed by atoms with E-state index < -0.39 is 0 Å². The zero-order chi connectivity index (χ0) is 20.4. The molecular weight excluding hydrogens is 453 g/mol. The number of furan rings is 1. The summed E-state index contributed by atoms with van der Waals surface area (Å²) in [6, 6.07) is 14.2. The van der Waals surface area contributed by atoms with Crippen molar-refractivity contribution in [2.75, 3.05) is 6.54 Å². The predicted molar refractivity (Wildman–Crippen MR) is 119 cm³/mol. The largest absolute Gasteiger partial charge is 0.459 e. The van der Waals surface area contributed by atoms with Crippen molar-refractivity contribution in [3.05, 3.63) is 76.5 Å². The van der Waals surface area contributed by atoms with E-state index in [1.165, 1.54) is 6.07 Å². The minimum atomic E-state index is -0.329. The monoisotopic (exact) mass is 473 g/mol. The molecule has 7 heteroatoms. The van der Waals surface area contributed by atoms with Crippen LogP contribution in [0.3, 0.4) is 0 Å². The summed E-state index contributed by atoms with van der Waals surface area (Å²) in [5.74, 6) is 0.906. The Kier molecular flexibility index (Phi) is 5.96. The Bertz CT molecular complexity index is 1010. The molecular formula is C22H21BrFN3OS. The first-order chi connectivity index (χ1) is 14.1. The van der Waals surface area contributed by atoms with E-state index in [-0.39, 0.29) is 17.9 Å². The third-order valence-corrected chi connectivity index (χ3v) is 5.91. The summed E-state index contributed by atoms with van der Waals surface area (Å²) in [4.78, 5) is 6.67. The molecule has 2 aromatic heterocycles. The fraction of sp³-hybridized carbons (Fsp3) is 0.273. The number of unbranched alkanes of at least 4 members (excludes halogenated alkanes) is 1. The average Bonchev–Trinajstić information content (AvgIpc) is 3.31. The first kappa shape index (κ1) is 20.0. The summed E-state index contributed by atoms with van der Waals surface area (Å²) >= 11 is 8.92. The molecule has 29 heavy (non-hydrogen) atoms. The SMILES string of the molecule is CCCCN1C(=S)N[C@@H](c2ccccn2)[C@H]1c1ccc(-c2ccc(Br)cc2F)o1. The van der Waals surface area contributed by atoms with E-state index in [1.54, 1.807) is 18.3 Å². The zero-order valence-corrected chi connectivity index (χ0v) is 18.3. The lowest BCUT2D eigenvalue weighted by Crippen LogP contribution is -2.30. The van der Waals surface area contributed by atoms with Crippen LogP contribution in [0.1, 0.15) is 43.3 Å². The molecule has 1 saturated heterocycles. The quantitative estimate of drug-likeness (QED) is 0.443. The van der Waals surface area contributed by atoms with Crippen LogP contribution in [0.2, 0.25) is 0 Å². The van der Waals surface area contributed by atoms with Gasteiger partial charge in [0.05, 0.1) is 17.3 Å². The molecule has 0 amide bonds. The van der Waals surface area contributed by atoms with Crippen LogP contribution in [0, 0.1) is 5.82 Å². The van der Waals surface area contributed by atoms with E-state index in [2.05, 4.69) is 38.1 Å². The summed E-state index contributed by atoms with van der Waals surface area (Å²) in [6.45, 7) is 2.97. The van der Waals surface area contributed by atoms with E-state index in [1.807, 2.05) is 30.3 Å². The Morgan fingerprint density at radius 3 is 2.83 bits per heavy atom. The molecule has 0 spiro atoms. The smallest absolute Gasteiger partial charge is 0.170 e. The van der Waals surface area contributed by atoms with Gasteiger partial charge in [-0.15, -0.1) is 0 Å². The van der Waals surface area contributed by atoms with Crippen molar-refractivity contribution in [1.82, 2.24) is 15.2 Å². The number of rotatable bonds is 6. The van der Waals surface area contributed by atoms with Crippen molar-refractivity contribution in [3.63, 3.8) is 0 Å². The number of aromatic nitrogens is 1. The molecule has 4 rings (SSSR count). The number of thiocarbonyl (C=S) groups is 1. The molecule has 1 fully saturated rings. The van der Waals surface area contributed by atoms with Crippen molar-refractivity contribution >= 4 is 33.3 Å². The molecule has 3 heterocycles. The van der Waals surface area contributed by atoms with Crippen molar-refractivity contribution in [2.45, 2.75) is 31.8 Å². The lowest BCUT2D eigenvalue weighted by molar-refractivity contribution is 0.271. The van der Waals surface area contributed by atoms with Crippen molar-refractivity contribution in [3.8, 4) is 11.3 Å². The van der Waals surface area contributed by atoms with Gasteiger partial charge in [-0.3, -0.25) is 4.98 Å². The van der Waals surface area contributed by atoms with Crippen LogP contribution >= 0.6 is 28.1 Å². The number of hydrogen-bond acceptors (Lipinski definition) is 3. The molecule has 3 aromatic rings. The first-order valence-corrected chi connectivity index (χ1v) is 10.8. The molecule has 1 aromatic carbocycles. The summed E-state index contributed by atoms with van der Waals surface area (Å²) in [5.41, 5.74) is 1.33. The first-order valence-electron chi connectivity index (χ1n) is 9.61. The van der Waals surface area contributed by atoms with Crippen molar-refractivity contribution < 1.29 is 8.81 Å². The highest BCUT2D eigenvalue weighted by atomic mass is 79.9. The molecule has 0 aliphatic carbocycles. The summed E-state index contributed by atoms with van der Waals surface area (Å²) < 4.78 is 21.3. The van der Waals surface area contributed by atoms with Gasteiger partial charge in [-0.25, -0.2) is 4.39 Å². The van der Waals surface area contributed by atoms with E-state index in [0.717, 1.165) is 30.8 Å². The molecule has 0 unspecified atom stereocenters. The molecule has 0 radical (unpaired) electrons. The van der Waals surface area contributed by atoms with Gasteiger partial charge < -0.3 is 14.6 Å². The number of hydrogen-bond donors (Lipinski definition) is 1. The van der Waals surface area contributed by atoms with E-state index in [0.29, 0.717) is 20.9 Å². The zero-order valence-electron chi connectivity index (χ0n) is 15.9. The summed E-state index contributed by atoms with van der Waals surface area (Å²) in [5, 5.41) is 4.09. The van der Waals surface area contributed by atoms with Gasteiger partial charge in [-0.2, -0.15) is 0 Å². The minimum Gasteiger partial charge on any atom is -0.459 e. The second kappa shape index (κ2) is 8.63. The molecule has 150 valence electrons. The van der Waals surface area contributed by atoms with Gasteiger partial charge in [0.2, 0.25) is 0 Å². The van der Waals surface area contributed by atoms with Gasteiger partial charge in [0.1, 0.15) is 23.4 Å². The molecule has 4 nitrogen and oxygen atoms in total. The normalized spacial score (nSPS) is 18.9. The predicted octanol–water partition coefficient (Wildman–Crippen LogP) is 6.02. The number of nitrogens with one attached hydrogen (secondary N) is 1. The average molecular weight is 474 g/mol. The summed E-state index contributed by atoms with van der Waals surface area (Å²) in [6.07, 6.45) is 3.85. The maximum atomic E-state index is 14.4. The Balaban J connectivity index is 1.72. The second-order valence-electron chi connectivity index (χ2n) is 7.00. The Hall–Kier alpha value is -2.25. The van der Waals surface area contributed by atoms with Gasteiger partial charge in [-0.05, 0) is 61.1 Å². The highest BCUT2D eigenvalue weighted by Crippen LogP contribution is 2.40. The van der Waals surface area contributed by atoms with Crippen LogP contribution in [-0.4, -0.2) is 21.5 Å². The van der Waals surface area contributed by atoms with Gasteiger partial charge in [0.25, 0.3) is 0 Å². The standard InChI is InChI=1S/C22H21BrFN3OS/c1-2-3-12-27-21(20(26-22(27)29)17-6-4-5-11-25-17)19-10-9-18(28-19)15-8-7-14(23)13-16(15)24/h4-11,13,20-21H,2-3,12H2,1H3,(H,26,29)/t20-,21+/m0/s1. The van der Waals surface area contributed by atoms with Gasteiger partial charge in [0, 0.05) is 17.2 Å². The molecule has 2 atom stereocenters. The van der Waals surface area contributed by atoms with Crippen molar-refractivity contribution in [2.24, 2.45) is 0 Å². The number of pyridine rings is 1. The molecule has 1 aliphatic heterocycles. The molecule has 0 saturated carbocycles. The molecule has 1 N–H and O–H groups in total. The third kappa shape index (κ3) is 4.07. The van der Waals surface area contributed by atoms with E-state index in [9.17, 15) is 4.39 Å².